The summed E-state index contributed by atoms with van der Waals surface area (Å²) in [5, 5.41) is 18.4. The molecular formula is C25H24N6O2. The van der Waals surface area contributed by atoms with E-state index in [0.717, 1.165) is 16.7 Å². The monoisotopic (exact) mass is 440 g/mol. The van der Waals surface area contributed by atoms with Crippen molar-refractivity contribution in [2.24, 2.45) is 0 Å². The van der Waals surface area contributed by atoms with Crippen LogP contribution in [0.3, 0.4) is 0 Å². The minimum atomic E-state index is -0.494. The number of aryl methyl sites for hydroxylation is 1. The minimum Gasteiger partial charge on any atom is -0.389 e. The van der Waals surface area contributed by atoms with E-state index in [-0.39, 0.29) is 11.9 Å². The summed E-state index contributed by atoms with van der Waals surface area (Å²) in [5.41, 5.74) is 11.0. The summed E-state index contributed by atoms with van der Waals surface area (Å²) in [6.07, 6.45) is 5.17. The Morgan fingerprint density at radius 3 is 2.67 bits per heavy atom. The number of rotatable bonds is 5. The number of nitrogens with two attached hydrogens (primary N) is 1. The highest BCUT2D eigenvalue weighted by molar-refractivity contribution is 5.98. The van der Waals surface area contributed by atoms with Crippen LogP contribution in [-0.4, -0.2) is 36.9 Å². The number of hydrogen-bond donors (Lipinski definition) is 3. The Balaban J connectivity index is 1.40. The van der Waals surface area contributed by atoms with Gasteiger partial charge >= 0.3 is 0 Å². The summed E-state index contributed by atoms with van der Waals surface area (Å²) >= 11 is 0. The molecule has 2 atom stereocenters. The van der Waals surface area contributed by atoms with Gasteiger partial charge < -0.3 is 16.2 Å². The number of aliphatic hydroxyl groups is 1. The molecule has 0 saturated heterocycles. The van der Waals surface area contributed by atoms with Gasteiger partial charge in [-0.15, -0.1) is 0 Å². The molecule has 8 heteroatoms. The van der Waals surface area contributed by atoms with E-state index < -0.39 is 6.10 Å². The van der Waals surface area contributed by atoms with Gasteiger partial charge in [0.15, 0.2) is 5.65 Å². The lowest BCUT2D eigenvalue weighted by molar-refractivity contribution is 0.0950. The zero-order valence-corrected chi connectivity index (χ0v) is 18.1. The smallest absolute Gasteiger partial charge is 0.251 e. The third kappa shape index (κ3) is 3.96. The van der Waals surface area contributed by atoms with Gasteiger partial charge in [-0.3, -0.25) is 4.79 Å². The van der Waals surface area contributed by atoms with Crippen LogP contribution in [0.15, 0.2) is 67.0 Å². The van der Waals surface area contributed by atoms with Crippen LogP contribution in [0, 0.1) is 6.92 Å². The van der Waals surface area contributed by atoms with E-state index in [1.165, 1.54) is 6.33 Å². The molecule has 1 amide bonds. The summed E-state index contributed by atoms with van der Waals surface area (Å²) in [7, 11) is 0. The van der Waals surface area contributed by atoms with Crippen LogP contribution in [-0.2, 0) is 6.54 Å². The fraction of sp³-hybridized carbons (Fsp3) is 0.200. The predicted molar refractivity (Wildman–Crippen MR) is 126 cm³/mol. The third-order valence-electron chi connectivity index (χ3n) is 5.94. The number of carbonyl (C=O) groups is 1. The molecular weight excluding hydrogens is 416 g/mol. The van der Waals surface area contributed by atoms with E-state index in [1.807, 2.05) is 61.5 Å². The Morgan fingerprint density at radius 1 is 1.15 bits per heavy atom. The molecule has 0 aliphatic heterocycles. The van der Waals surface area contributed by atoms with Crippen molar-refractivity contribution in [1.82, 2.24) is 25.1 Å². The Bertz CT molecular complexity index is 1360. The second-order valence-corrected chi connectivity index (χ2v) is 8.20. The van der Waals surface area contributed by atoms with Gasteiger partial charge in [0.2, 0.25) is 0 Å². The van der Waals surface area contributed by atoms with E-state index in [4.69, 9.17) is 10.8 Å². The number of nitrogens with zero attached hydrogens (tertiary/aromatic N) is 4. The summed E-state index contributed by atoms with van der Waals surface area (Å²) in [6.45, 7) is 2.34. The molecule has 8 nitrogen and oxygen atoms in total. The van der Waals surface area contributed by atoms with Crippen molar-refractivity contribution in [3.05, 3.63) is 83.7 Å². The number of aromatic nitrogens is 4. The maximum absolute atomic E-state index is 12.5. The fourth-order valence-corrected chi connectivity index (χ4v) is 4.16. The first-order valence-corrected chi connectivity index (χ1v) is 10.8. The van der Waals surface area contributed by atoms with Crippen molar-refractivity contribution in [2.45, 2.75) is 32.0 Å². The highest BCUT2D eigenvalue weighted by Gasteiger charge is 2.25. The van der Waals surface area contributed by atoms with Crippen LogP contribution >= 0.6 is 0 Å². The number of nitrogens with one attached hydrogen (secondary N) is 1. The quantitative estimate of drug-likeness (QED) is 0.410. The van der Waals surface area contributed by atoms with E-state index in [0.29, 0.717) is 41.1 Å². The van der Waals surface area contributed by atoms with E-state index in [9.17, 15) is 9.90 Å². The number of aliphatic hydroxyl groups excluding tert-OH is 1. The molecule has 2 aromatic heterocycles. The fourth-order valence-electron chi connectivity index (χ4n) is 4.16. The first-order valence-electron chi connectivity index (χ1n) is 10.8. The van der Waals surface area contributed by atoms with Crippen LogP contribution in [0.2, 0.25) is 0 Å². The number of allylic oxidation sites excluding steroid dienone is 1. The Morgan fingerprint density at radius 2 is 1.94 bits per heavy atom. The summed E-state index contributed by atoms with van der Waals surface area (Å²) < 4.78 is 1.80. The largest absolute Gasteiger partial charge is 0.389 e. The van der Waals surface area contributed by atoms with Crippen LogP contribution in [0.5, 0.6) is 0 Å². The minimum absolute atomic E-state index is 0.0959. The molecule has 33 heavy (non-hydrogen) atoms. The lowest BCUT2D eigenvalue weighted by Gasteiger charge is -2.10. The van der Waals surface area contributed by atoms with Crippen molar-refractivity contribution >= 4 is 22.8 Å². The highest BCUT2D eigenvalue weighted by atomic mass is 16.3. The number of fused-ring (bicyclic) bond motifs is 1. The van der Waals surface area contributed by atoms with Crippen molar-refractivity contribution in [3.63, 3.8) is 0 Å². The summed E-state index contributed by atoms with van der Waals surface area (Å²) in [4.78, 5) is 21.0. The Hall–Kier alpha value is -4.04. The van der Waals surface area contributed by atoms with Gasteiger partial charge in [-0.2, -0.15) is 5.10 Å². The molecule has 4 N–H and O–H groups in total. The predicted octanol–water partition coefficient (Wildman–Crippen LogP) is 3.18. The van der Waals surface area contributed by atoms with Gasteiger partial charge in [-0.05, 0) is 24.1 Å². The van der Waals surface area contributed by atoms with Gasteiger partial charge in [-0.1, -0.05) is 54.6 Å². The molecule has 166 valence electrons. The van der Waals surface area contributed by atoms with Crippen LogP contribution in [0.1, 0.15) is 33.9 Å². The van der Waals surface area contributed by atoms with Crippen molar-refractivity contribution in [2.75, 3.05) is 5.73 Å². The van der Waals surface area contributed by atoms with Gasteiger partial charge in [-0.25, -0.2) is 14.6 Å². The van der Waals surface area contributed by atoms with Gasteiger partial charge in [0.25, 0.3) is 5.91 Å². The Kier molecular flexibility index (Phi) is 5.35. The average Bonchev–Trinajstić information content (AvgIpc) is 3.42. The molecule has 0 bridgehead atoms. The number of benzene rings is 2. The molecule has 0 radical (unpaired) electrons. The molecule has 0 unspecified atom stereocenters. The van der Waals surface area contributed by atoms with Crippen LogP contribution in [0.25, 0.3) is 22.3 Å². The van der Waals surface area contributed by atoms with Crippen molar-refractivity contribution in [1.29, 1.82) is 0 Å². The SMILES string of the molecule is Cc1ccccc1C(=O)NCc1ccc(-c2nn([C@@H]3C=C[C@@H](O)C3)c3ncnc(N)c23)cc1. The van der Waals surface area contributed by atoms with Gasteiger partial charge in [0.1, 0.15) is 17.8 Å². The summed E-state index contributed by atoms with van der Waals surface area (Å²) in [6, 6.07) is 15.2. The second kappa shape index (κ2) is 8.48. The van der Waals surface area contributed by atoms with Crippen molar-refractivity contribution < 1.29 is 9.90 Å². The Labute approximate surface area is 190 Å². The lowest BCUT2D eigenvalue weighted by atomic mass is 10.1. The highest BCUT2D eigenvalue weighted by Crippen LogP contribution is 2.34. The van der Waals surface area contributed by atoms with E-state index in [2.05, 4.69) is 15.3 Å². The first kappa shape index (κ1) is 20.8. The normalized spacial score (nSPS) is 17.5. The molecule has 0 saturated carbocycles. The molecule has 2 heterocycles. The van der Waals surface area contributed by atoms with Crippen LogP contribution in [0.4, 0.5) is 5.82 Å². The molecule has 5 rings (SSSR count). The molecule has 1 aliphatic carbocycles. The maximum Gasteiger partial charge on any atom is 0.251 e. The van der Waals surface area contributed by atoms with Gasteiger partial charge in [0.05, 0.1) is 17.5 Å². The van der Waals surface area contributed by atoms with Gasteiger partial charge in [0, 0.05) is 24.1 Å². The van der Waals surface area contributed by atoms with Crippen LogP contribution < -0.4 is 11.1 Å². The number of hydrogen-bond acceptors (Lipinski definition) is 6. The topological polar surface area (TPSA) is 119 Å². The zero-order valence-electron chi connectivity index (χ0n) is 18.1. The lowest BCUT2D eigenvalue weighted by Crippen LogP contribution is -2.23. The molecule has 1 aliphatic rings. The third-order valence-corrected chi connectivity index (χ3v) is 5.94. The zero-order chi connectivity index (χ0) is 22.9. The maximum atomic E-state index is 12.5. The van der Waals surface area contributed by atoms with E-state index >= 15 is 0 Å². The number of nitrogen functional groups attached to an aromatic ring is 1. The number of carbonyl (C=O) groups excluding carboxylic acids is 1. The molecule has 0 fully saturated rings. The average molecular weight is 441 g/mol. The van der Waals surface area contributed by atoms with E-state index in [1.54, 1.807) is 10.8 Å². The summed E-state index contributed by atoms with van der Waals surface area (Å²) in [5.74, 6) is 0.261. The van der Waals surface area contributed by atoms with Crippen molar-refractivity contribution in [3.8, 4) is 11.3 Å². The number of anilines is 1. The first-order chi connectivity index (χ1) is 16.0. The second-order valence-electron chi connectivity index (χ2n) is 8.20. The standard InChI is InChI=1S/C25H24N6O2/c1-15-4-2-3-5-20(15)25(33)27-13-16-6-8-17(9-7-16)22-21-23(26)28-14-29-24(21)31(30-22)18-10-11-19(32)12-18/h2-11,14,18-19,32H,12-13H2,1H3,(H,27,33)(H2,26,28,29)/t18-,19-/m1/s1. The molecule has 2 aromatic carbocycles. The molecule has 0 spiro atoms. The molecule has 4 aromatic rings. The number of amides is 1.